The molecule has 0 aliphatic rings. The molecular formula is C19H17ClN2O2. The quantitative estimate of drug-likeness (QED) is 0.726. The van der Waals surface area contributed by atoms with Crippen LogP contribution in [0.5, 0.6) is 0 Å². The van der Waals surface area contributed by atoms with Crippen LogP contribution in [0.25, 0.3) is 10.9 Å². The number of anilines is 1. The number of hydrogen-bond donors (Lipinski definition) is 1. The highest BCUT2D eigenvalue weighted by Gasteiger charge is 2.18. The van der Waals surface area contributed by atoms with Crippen molar-refractivity contribution < 1.29 is 9.59 Å². The lowest BCUT2D eigenvalue weighted by molar-refractivity contribution is 0.0941. The van der Waals surface area contributed by atoms with E-state index >= 15 is 0 Å². The van der Waals surface area contributed by atoms with Crippen molar-refractivity contribution in [2.24, 2.45) is 0 Å². The molecule has 1 N–H and O–H groups in total. The topological polar surface area (TPSA) is 51.1 Å². The molecular weight excluding hydrogens is 324 g/mol. The van der Waals surface area contributed by atoms with Gasteiger partial charge in [-0.2, -0.15) is 0 Å². The Morgan fingerprint density at radius 1 is 1.12 bits per heavy atom. The summed E-state index contributed by atoms with van der Waals surface area (Å²) in [4.78, 5) is 24.6. The van der Waals surface area contributed by atoms with Gasteiger partial charge in [0.2, 0.25) is 5.91 Å². The molecule has 0 aliphatic carbocycles. The van der Waals surface area contributed by atoms with E-state index in [0.29, 0.717) is 21.5 Å². The Kier molecular flexibility index (Phi) is 4.16. The van der Waals surface area contributed by atoms with Crippen molar-refractivity contribution in [2.45, 2.75) is 20.8 Å². The Morgan fingerprint density at radius 2 is 1.88 bits per heavy atom. The van der Waals surface area contributed by atoms with E-state index in [1.54, 1.807) is 24.4 Å². The average Bonchev–Trinajstić information content (AvgIpc) is 2.90. The molecule has 1 amide bonds. The Balaban J connectivity index is 2.08. The second-order valence-electron chi connectivity index (χ2n) is 5.79. The van der Waals surface area contributed by atoms with Crippen LogP contribution in [-0.2, 0) is 0 Å². The summed E-state index contributed by atoms with van der Waals surface area (Å²) >= 11 is 6.06. The maximum Gasteiger partial charge on any atom is 0.257 e. The number of carbonyl (C=O) groups excluding carboxylic acids is 2. The Bertz CT molecular complexity index is 973. The van der Waals surface area contributed by atoms with Crippen LogP contribution in [0.2, 0.25) is 5.02 Å². The monoisotopic (exact) mass is 340 g/mol. The zero-order valence-electron chi connectivity index (χ0n) is 13.7. The highest BCUT2D eigenvalue weighted by atomic mass is 35.5. The van der Waals surface area contributed by atoms with Gasteiger partial charge in [0.15, 0.2) is 0 Å². The molecule has 122 valence electrons. The van der Waals surface area contributed by atoms with Crippen molar-refractivity contribution in [1.82, 2.24) is 4.57 Å². The van der Waals surface area contributed by atoms with Crippen LogP contribution in [0.15, 0.2) is 42.6 Å². The standard InChI is InChI=1S/C19H17ClN2O2/c1-11-5-4-6-17(12(11)2)21-19(24)16-10-22(13(3)23)18-8-7-14(20)9-15(16)18/h4-10H,1-3H3,(H,21,24). The normalized spacial score (nSPS) is 10.8. The molecule has 0 radical (unpaired) electrons. The number of amides is 1. The van der Waals surface area contributed by atoms with E-state index in [4.69, 9.17) is 11.6 Å². The Labute approximate surface area is 145 Å². The number of rotatable bonds is 2. The van der Waals surface area contributed by atoms with E-state index < -0.39 is 0 Å². The lowest BCUT2D eigenvalue weighted by atomic mass is 10.1. The molecule has 24 heavy (non-hydrogen) atoms. The smallest absolute Gasteiger partial charge is 0.257 e. The van der Waals surface area contributed by atoms with Crippen LogP contribution in [0, 0.1) is 13.8 Å². The Morgan fingerprint density at radius 3 is 2.58 bits per heavy atom. The summed E-state index contributed by atoms with van der Waals surface area (Å²) in [6, 6.07) is 10.9. The van der Waals surface area contributed by atoms with E-state index in [1.807, 2.05) is 32.0 Å². The number of nitrogens with zero attached hydrogens (tertiary/aromatic N) is 1. The summed E-state index contributed by atoms with van der Waals surface area (Å²) in [5, 5.41) is 4.10. The number of aromatic nitrogens is 1. The summed E-state index contributed by atoms with van der Waals surface area (Å²) in [7, 11) is 0. The van der Waals surface area contributed by atoms with Crippen molar-refractivity contribution in [3.8, 4) is 0 Å². The molecule has 3 rings (SSSR count). The number of fused-ring (bicyclic) bond motifs is 1. The van der Waals surface area contributed by atoms with Gasteiger partial charge in [-0.25, -0.2) is 0 Å². The molecule has 0 aliphatic heterocycles. The fraction of sp³-hybridized carbons (Fsp3) is 0.158. The number of nitrogens with one attached hydrogen (secondary N) is 1. The molecule has 0 saturated heterocycles. The lowest BCUT2D eigenvalue weighted by Gasteiger charge is -2.09. The van der Waals surface area contributed by atoms with Crippen molar-refractivity contribution in [2.75, 3.05) is 5.32 Å². The van der Waals surface area contributed by atoms with Gasteiger partial charge in [0.1, 0.15) is 0 Å². The predicted molar refractivity (Wildman–Crippen MR) is 97.1 cm³/mol. The van der Waals surface area contributed by atoms with Crippen molar-refractivity contribution in [3.63, 3.8) is 0 Å². The fourth-order valence-electron chi connectivity index (χ4n) is 2.72. The third-order valence-corrected chi connectivity index (χ3v) is 4.44. The first-order valence-corrected chi connectivity index (χ1v) is 7.95. The number of aryl methyl sites for hydroxylation is 1. The van der Waals surface area contributed by atoms with Crippen LogP contribution >= 0.6 is 11.6 Å². The second kappa shape index (κ2) is 6.13. The van der Waals surface area contributed by atoms with Gasteiger partial charge in [-0.15, -0.1) is 0 Å². The summed E-state index contributed by atoms with van der Waals surface area (Å²) in [5.74, 6) is -0.427. The number of benzene rings is 2. The summed E-state index contributed by atoms with van der Waals surface area (Å²) in [6.07, 6.45) is 1.56. The maximum absolute atomic E-state index is 12.8. The van der Waals surface area contributed by atoms with E-state index in [9.17, 15) is 9.59 Å². The van der Waals surface area contributed by atoms with Crippen LogP contribution in [0.1, 0.15) is 33.2 Å². The van der Waals surface area contributed by atoms with Gasteiger partial charge in [0, 0.05) is 29.2 Å². The summed E-state index contributed by atoms with van der Waals surface area (Å²) in [6.45, 7) is 5.41. The minimum Gasteiger partial charge on any atom is -0.322 e. The number of carbonyl (C=O) groups is 2. The summed E-state index contributed by atoms with van der Waals surface area (Å²) in [5.41, 5.74) is 3.95. The van der Waals surface area contributed by atoms with Crippen LogP contribution in [0.3, 0.4) is 0 Å². The molecule has 3 aromatic rings. The van der Waals surface area contributed by atoms with Crippen molar-refractivity contribution in [3.05, 3.63) is 64.3 Å². The first-order chi connectivity index (χ1) is 11.4. The zero-order valence-corrected chi connectivity index (χ0v) is 14.4. The molecule has 0 fully saturated rings. The highest BCUT2D eigenvalue weighted by molar-refractivity contribution is 6.31. The molecule has 2 aromatic carbocycles. The minimum absolute atomic E-state index is 0.159. The first kappa shape index (κ1) is 16.3. The number of hydrogen-bond acceptors (Lipinski definition) is 2. The molecule has 0 spiro atoms. The van der Waals surface area contributed by atoms with Gasteiger partial charge in [0.05, 0.1) is 11.1 Å². The van der Waals surface area contributed by atoms with Crippen LogP contribution < -0.4 is 5.32 Å². The van der Waals surface area contributed by atoms with Crippen LogP contribution in [-0.4, -0.2) is 16.4 Å². The fourth-order valence-corrected chi connectivity index (χ4v) is 2.89. The molecule has 0 atom stereocenters. The SMILES string of the molecule is CC(=O)n1cc(C(=O)Nc2cccc(C)c2C)c2cc(Cl)ccc21. The zero-order chi connectivity index (χ0) is 17.4. The van der Waals surface area contributed by atoms with Crippen molar-refractivity contribution >= 4 is 40.0 Å². The van der Waals surface area contributed by atoms with E-state index in [1.165, 1.54) is 11.5 Å². The minimum atomic E-state index is -0.268. The number of halogens is 1. The third kappa shape index (κ3) is 2.81. The third-order valence-electron chi connectivity index (χ3n) is 4.20. The molecule has 1 heterocycles. The molecule has 1 aromatic heterocycles. The largest absolute Gasteiger partial charge is 0.322 e. The average molecular weight is 341 g/mol. The van der Waals surface area contributed by atoms with Crippen LogP contribution in [0.4, 0.5) is 5.69 Å². The summed E-state index contributed by atoms with van der Waals surface area (Å²) < 4.78 is 1.46. The van der Waals surface area contributed by atoms with Gasteiger partial charge < -0.3 is 5.32 Å². The van der Waals surface area contributed by atoms with E-state index in [0.717, 1.165) is 16.8 Å². The van der Waals surface area contributed by atoms with Gasteiger partial charge >= 0.3 is 0 Å². The van der Waals surface area contributed by atoms with Gasteiger partial charge in [-0.1, -0.05) is 23.7 Å². The van der Waals surface area contributed by atoms with Gasteiger partial charge in [0.25, 0.3) is 5.91 Å². The molecule has 0 saturated carbocycles. The highest BCUT2D eigenvalue weighted by Crippen LogP contribution is 2.26. The maximum atomic E-state index is 12.8. The Hall–Kier alpha value is -2.59. The van der Waals surface area contributed by atoms with Gasteiger partial charge in [-0.3, -0.25) is 14.2 Å². The molecule has 0 unspecified atom stereocenters. The second-order valence-corrected chi connectivity index (χ2v) is 6.23. The lowest BCUT2D eigenvalue weighted by Crippen LogP contribution is -2.13. The van der Waals surface area contributed by atoms with Gasteiger partial charge in [-0.05, 0) is 49.2 Å². The first-order valence-electron chi connectivity index (χ1n) is 7.57. The molecule has 5 heteroatoms. The van der Waals surface area contributed by atoms with E-state index in [-0.39, 0.29) is 11.8 Å². The van der Waals surface area contributed by atoms with Crippen molar-refractivity contribution in [1.29, 1.82) is 0 Å². The molecule has 4 nitrogen and oxygen atoms in total. The predicted octanol–water partition coefficient (Wildman–Crippen LogP) is 4.82. The molecule has 0 bridgehead atoms. The van der Waals surface area contributed by atoms with E-state index in [2.05, 4.69) is 5.32 Å².